The fourth-order valence-corrected chi connectivity index (χ4v) is 3.16. The predicted molar refractivity (Wildman–Crippen MR) is 63.4 cm³/mol. The molecule has 0 spiro atoms. The topological polar surface area (TPSA) is 93.1 Å². The lowest BCUT2D eigenvalue weighted by atomic mass is 10.1. The first-order valence-electron chi connectivity index (χ1n) is 5.76. The first-order valence-corrected chi connectivity index (χ1v) is 7.37. The Bertz CT molecular complexity index is 361. The van der Waals surface area contributed by atoms with Gasteiger partial charge in [-0.05, 0) is 12.8 Å². The quantitative estimate of drug-likeness (QED) is 0.625. The number of piperidine rings is 1. The van der Waals surface area contributed by atoms with Gasteiger partial charge in [0, 0.05) is 13.1 Å². The van der Waals surface area contributed by atoms with Crippen LogP contribution in [0.3, 0.4) is 0 Å². The molecule has 0 bridgehead atoms. The molecular weight excluding hydrogens is 262 g/mol. The molecule has 0 saturated carbocycles. The summed E-state index contributed by atoms with van der Waals surface area (Å²) in [6, 6.07) is 0. The molecule has 0 aromatic carbocycles. The highest BCUT2D eigenvalue weighted by atomic mass is 32.2. The summed E-state index contributed by atoms with van der Waals surface area (Å²) in [5, 5.41) is 8.62. The fourth-order valence-electron chi connectivity index (χ4n) is 1.80. The Balaban J connectivity index is 2.44. The van der Waals surface area contributed by atoms with Crippen molar-refractivity contribution in [2.75, 3.05) is 39.2 Å². The third-order valence-electron chi connectivity index (χ3n) is 2.77. The number of aliphatic hydroxyl groups is 1. The Hall–Kier alpha value is -0.700. The van der Waals surface area contributed by atoms with Crippen LogP contribution in [-0.4, -0.2) is 69.1 Å². The summed E-state index contributed by atoms with van der Waals surface area (Å²) < 4.78 is 34.6. The lowest BCUT2D eigenvalue weighted by molar-refractivity contribution is -0.137. The van der Waals surface area contributed by atoms with Gasteiger partial charge in [0.05, 0.1) is 26.4 Å². The van der Waals surface area contributed by atoms with E-state index in [0.29, 0.717) is 25.9 Å². The van der Waals surface area contributed by atoms with E-state index in [-0.39, 0.29) is 19.3 Å². The van der Waals surface area contributed by atoms with Crippen molar-refractivity contribution in [2.45, 2.75) is 18.9 Å². The van der Waals surface area contributed by atoms with Gasteiger partial charge in [-0.15, -0.1) is 0 Å². The molecule has 0 unspecified atom stereocenters. The van der Waals surface area contributed by atoms with Crippen molar-refractivity contribution in [1.82, 2.24) is 4.31 Å². The second-order valence-electron chi connectivity index (χ2n) is 4.03. The number of esters is 1. The Morgan fingerprint density at radius 1 is 1.39 bits per heavy atom. The molecule has 1 rings (SSSR count). The van der Waals surface area contributed by atoms with Gasteiger partial charge in [0.25, 0.3) is 0 Å². The molecule has 8 heteroatoms. The minimum Gasteiger partial charge on any atom is -0.468 e. The number of ether oxygens (including phenoxy) is 2. The maximum absolute atomic E-state index is 11.8. The fraction of sp³-hybridized carbons (Fsp3) is 0.900. The molecule has 1 fully saturated rings. The molecule has 0 aromatic heterocycles. The SMILES string of the molecule is COC(=O)CS(=O)(=O)N1CCC(OCCO)CC1. The van der Waals surface area contributed by atoms with Gasteiger partial charge in [-0.2, -0.15) is 0 Å². The average Bonchev–Trinajstić information content (AvgIpc) is 2.36. The van der Waals surface area contributed by atoms with Gasteiger partial charge >= 0.3 is 5.97 Å². The first-order chi connectivity index (χ1) is 8.49. The second-order valence-corrected chi connectivity index (χ2v) is 5.99. The molecule has 0 aromatic rings. The number of hydrogen-bond donors (Lipinski definition) is 1. The van der Waals surface area contributed by atoms with Crippen LogP contribution in [0.5, 0.6) is 0 Å². The molecule has 0 amide bonds. The van der Waals surface area contributed by atoms with Crippen molar-refractivity contribution < 1.29 is 27.8 Å². The van der Waals surface area contributed by atoms with Gasteiger partial charge in [-0.1, -0.05) is 0 Å². The van der Waals surface area contributed by atoms with Crippen LogP contribution >= 0.6 is 0 Å². The molecule has 18 heavy (non-hydrogen) atoms. The molecule has 1 N–H and O–H groups in total. The highest BCUT2D eigenvalue weighted by molar-refractivity contribution is 7.89. The molecule has 0 aliphatic carbocycles. The standard InChI is InChI=1S/C10H19NO6S/c1-16-10(13)8-18(14,15)11-4-2-9(3-5-11)17-7-6-12/h9,12H,2-8H2,1H3. The van der Waals surface area contributed by atoms with E-state index in [1.807, 2.05) is 0 Å². The highest BCUT2D eigenvalue weighted by Crippen LogP contribution is 2.17. The van der Waals surface area contributed by atoms with Crippen LogP contribution in [0.25, 0.3) is 0 Å². The van der Waals surface area contributed by atoms with Crippen molar-refractivity contribution >= 4 is 16.0 Å². The van der Waals surface area contributed by atoms with Gasteiger partial charge in [0.2, 0.25) is 10.0 Å². The zero-order valence-electron chi connectivity index (χ0n) is 10.4. The third-order valence-corrected chi connectivity index (χ3v) is 4.52. The second kappa shape index (κ2) is 7.03. The third kappa shape index (κ3) is 4.52. The average molecular weight is 281 g/mol. The summed E-state index contributed by atoms with van der Waals surface area (Å²) >= 11 is 0. The summed E-state index contributed by atoms with van der Waals surface area (Å²) in [4.78, 5) is 11.0. The van der Waals surface area contributed by atoms with E-state index in [0.717, 1.165) is 7.11 Å². The van der Waals surface area contributed by atoms with E-state index in [9.17, 15) is 13.2 Å². The van der Waals surface area contributed by atoms with E-state index in [4.69, 9.17) is 9.84 Å². The monoisotopic (exact) mass is 281 g/mol. The number of rotatable bonds is 6. The van der Waals surface area contributed by atoms with Crippen LogP contribution in [-0.2, 0) is 24.3 Å². The van der Waals surface area contributed by atoms with Gasteiger partial charge in [-0.25, -0.2) is 12.7 Å². The van der Waals surface area contributed by atoms with Crippen LogP contribution in [0.1, 0.15) is 12.8 Å². The van der Waals surface area contributed by atoms with E-state index < -0.39 is 21.7 Å². The summed E-state index contributed by atoms with van der Waals surface area (Å²) in [6.07, 6.45) is 1.11. The predicted octanol–water partition coefficient (Wildman–Crippen LogP) is -1.04. The normalized spacial score (nSPS) is 18.8. The summed E-state index contributed by atoms with van der Waals surface area (Å²) in [5.74, 6) is -1.38. The van der Waals surface area contributed by atoms with Crippen LogP contribution in [0, 0.1) is 0 Å². The molecule has 106 valence electrons. The number of sulfonamides is 1. The van der Waals surface area contributed by atoms with E-state index in [1.165, 1.54) is 4.31 Å². The van der Waals surface area contributed by atoms with Gasteiger partial charge < -0.3 is 14.6 Å². The Labute approximate surface area is 107 Å². The number of aliphatic hydroxyl groups excluding tert-OH is 1. The van der Waals surface area contributed by atoms with E-state index >= 15 is 0 Å². The number of nitrogens with zero attached hydrogens (tertiary/aromatic N) is 1. The number of carbonyl (C=O) groups is 1. The molecule has 0 atom stereocenters. The molecule has 1 aliphatic heterocycles. The zero-order valence-corrected chi connectivity index (χ0v) is 11.2. The van der Waals surface area contributed by atoms with Gasteiger partial charge in [-0.3, -0.25) is 4.79 Å². The lowest BCUT2D eigenvalue weighted by Gasteiger charge is -2.30. The van der Waals surface area contributed by atoms with Crippen LogP contribution in [0.4, 0.5) is 0 Å². The Kier molecular flexibility index (Phi) is 6.00. The van der Waals surface area contributed by atoms with Gasteiger partial charge in [0.1, 0.15) is 0 Å². The van der Waals surface area contributed by atoms with Gasteiger partial charge in [0.15, 0.2) is 5.75 Å². The molecule has 1 aliphatic rings. The maximum atomic E-state index is 11.8. The summed E-state index contributed by atoms with van der Waals surface area (Å²) in [5.41, 5.74) is 0. The van der Waals surface area contributed by atoms with Crippen LogP contribution in [0.15, 0.2) is 0 Å². The summed E-state index contributed by atoms with van der Waals surface area (Å²) in [6.45, 7) is 0.880. The largest absolute Gasteiger partial charge is 0.468 e. The Morgan fingerprint density at radius 2 is 2.00 bits per heavy atom. The highest BCUT2D eigenvalue weighted by Gasteiger charge is 2.30. The first kappa shape index (κ1) is 15.4. The van der Waals surface area contributed by atoms with Crippen molar-refractivity contribution in [2.24, 2.45) is 0 Å². The zero-order chi connectivity index (χ0) is 13.6. The molecular formula is C10H19NO6S. The molecule has 1 heterocycles. The summed E-state index contributed by atoms with van der Waals surface area (Å²) in [7, 11) is -2.43. The lowest BCUT2D eigenvalue weighted by Crippen LogP contribution is -2.43. The smallest absolute Gasteiger partial charge is 0.322 e. The minimum absolute atomic E-state index is 0.0262. The minimum atomic E-state index is -3.58. The molecule has 0 radical (unpaired) electrons. The molecule has 7 nitrogen and oxygen atoms in total. The number of hydrogen-bond acceptors (Lipinski definition) is 6. The van der Waals surface area contributed by atoms with Crippen molar-refractivity contribution in [3.8, 4) is 0 Å². The van der Waals surface area contributed by atoms with Crippen LogP contribution in [0.2, 0.25) is 0 Å². The van der Waals surface area contributed by atoms with Crippen molar-refractivity contribution in [1.29, 1.82) is 0 Å². The Morgan fingerprint density at radius 3 is 2.50 bits per heavy atom. The van der Waals surface area contributed by atoms with Crippen molar-refractivity contribution in [3.05, 3.63) is 0 Å². The van der Waals surface area contributed by atoms with E-state index in [1.54, 1.807) is 0 Å². The van der Waals surface area contributed by atoms with Crippen molar-refractivity contribution in [3.63, 3.8) is 0 Å². The molecule has 1 saturated heterocycles. The van der Waals surface area contributed by atoms with Crippen LogP contribution < -0.4 is 0 Å². The van der Waals surface area contributed by atoms with E-state index in [2.05, 4.69) is 4.74 Å². The number of carbonyl (C=O) groups excluding carboxylic acids is 1. The number of methoxy groups -OCH3 is 1. The maximum Gasteiger partial charge on any atom is 0.322 e.